The predicted octanol–water partition coefficient (Wildman–Crippen LogP) is 6.91. The van der Waals surface area contributed by atoms with Crippen molar-refractivity contribution < 1.29 is 27.1 Å². The molecule has 39 heavy (non-hydrogen) atoms. The number of methoxy groups -OCH3 is 1. The van der Waals surface area contributed by atoms with Gasteiger partial charge in [-0.1, -0.05) is 24.3 Å². The molecule has 0 radical (unpaired) electrons. The second-order valence-electron chi connectivity index (χ2n) is 9.89. The van der Waals surface area contributed by atoms with Gasteiger partial charge >= 0.3 is 11.8 Å². The van der Waals surface area contributed by atoms with Crippen LogP contribution in [0.5, 0.6) is 11.5 Å². The van der Waals surface area contributed by atoms with E-state index in [1.807, 2.05) is 37.3 Å². The molecule has 204 valence electrons. The fourth-order valence-electron chi connectivity index (χ4n) is 5.15. The molecule has 5 rings (SSSR count). The Labute approximate surface area is 224 Å². The Bertz CT molecular complexity index is 1500. The van der Waals surface area contributed by atoms with Gasteiger partial charge in [-0.25, -0.2) is 4.79 Å². The average molecular weight is 538 g/mol. The van der Waals surface area contributed by atoms with Gasteiger partial charge in [-0.2, -0.15) is 13.2 Å². The maximum atomic E-state index is 13.2. The van der Waals surface area contributed by atoms with Crippen LogP contribution in [0.4, 0.5) is 13.2 Å². The molecule has 1 aromatic heterocycles. The second-order valence-corrected chi connectivity index (χ2v) is 9.89. The molecular weight excluding hydrogens is 507 g/mol. The van der Waals surface area contributed by atoms with Crippen LogP contribution in [-0.2, 0) is 12.6 Å². The topological polar surface area (TPSA) is 60.7 Å². The van der Waals surface area contributed by atoms with Gasteiger partial charge in [0, 0.05) is 17.5 Å². The van der Waals surface area contributed by atoms with Crippen molar-refractivity contribution in [2.45, 2.75) is 44.8 Å². The Kier molecular flexibility index (Phi) is 7.66. The lowest BCUT2D eigenvalue weighted by molar-refractivity contribution is -0.137. The maximum absolute atomic E-state index is 13.2. The first-order valence-electron chi connectivity index (χ1n) is 13.0. The lowest BCUT2D eigenvalue weighted by Crippen LogP contribution is -2.23. The van der Waals surface area contributed by atoms with E-state index in [9.17, 15) is 18.0 Å². The molecule has 3 aromatic carbocycles. The van der Waals surface area contributed by atoms with Crippen molar-refractivity contribution in [2.75, 3.05) is 20.3 Å². The Balaban J connectivity index is 1.50. The third kappa shape index (κ3) is 5.96. The van der Waals surface area contributed by atoms with E-state index in [1.54, 1.807) is 6.07 Å². The third-order valence-electron chi connectivity index (χ3n) is 7.23. The maximum Gasteiger partial charge on any atom is 0.416 e. The first-order valence-corrected chi connectivity index (χ1v) is 13.0. The van der Waals surface area contributed by atoms with Gasteiger partial charge in [0.15, 0.2) is 0 Å². The van der Waals surface area contributed by atoms with Crippen LogP contribution in [0.2, 0.25) is 0 Å². The molecule has 2 heterocycles. The monoisotopic (exact) mass is 537 g/mol. The summed E-state index contributed by atoms with van der Waals surface area (Å²) < 4.78 is 56.5. The summed E-state index contributed by atoms with van der Waals surface area (Å²) in [4.78, 5) is 13.2. The highest BCUT2D eigenvalue weighted by atomic mass is 19.4. The number of hydrogen-bond acceptors (Lipinski definition) is 5. The van der Waals surface area contributed by atoms with Crippen LogP contribution in [0.25, 0.3) is 22.1 Å². The smallest absolute Gasteiger partial charge is 0.416 e. The minimum atomic E-state index is -4.47. The Morgan fingerprint density at radius 1 is 1.05 bits per heavy atom. The molecule has 0 spiro atoms. The van der Waals surface area contributed by atoms with E-state index >= 15 is 0 Å². The van der Waals surface area contributed by atoms with E-state index in [0.717, 1.165) is 42.0 Å². The minimum absolute atomic E-state index is 0.241. The van der Waals surface area contributed by atoms with Crippen molar-refractivity contribution in [1.82, 2.24) is 5.32 Å². The molecule has 1 fully saturated rings. The molecule has 0 amide bonds. The highest BCUT2D eigenvalue weighted by Gasteiger charge is 2.30. The fraction of sp³-hybridized carbons (Fsp3) is 0.323. The van der Waals surface area contributed by atoms with Crippen molar-refractivity contribution in [1.29, 1.82) is 0 Å². The summed E-state index contributed by atoms with van der Waals surface area (Å²) in [6.45, 7) is 3.57. The number of rotatable bonds is 8. The number of hydrogen-bond donors (Lipinski definition) is 1. The molecule has 1 N–H and O–H groups in total. The van der Waals surface area contributed by atoms with Crippen LogP contribution in [0.3, 0.4) is 0 Å². The highest BCUT2D eigenvalue weighted by Crippen LogP contribution is 2.35. The summed E-state index contributed by atoms with van der Waals surface area (Å²) in [5, 5.41) is 4.16. The molecule has 0 saturated carbocycles. The van der Waals surface area contributed by atoms with E-state index in [0.29, 0.717) is 46.9 Å². The van der Waals surface area contributed by atoms with Gasteiger partial charge in [-0.05, 0) is 91.7 Å². The van der Waals surface area contributed by atoms with Gasteiger partial charge in [0.25, 0.3) is 0 Å². The zero-order valence-electron chi connectivity index (χ0n) is 21.9. The van der Waals surface area contributed by atoms with Crippen molar-refractivity contribution in [3.63, 3.8) is 0 Å². The largest absolute Gasteiger partial charge is 0.496 e. The normalized spacial score (nSPS) is 15.6. The summed E-state index contributed by atoms with van der Waals surface area (Å²) in [7, 11) is 1.54. The van der Waals surface area contributed by atoms with E-state index < -0.39 is 17.4 Å². The zero-order chi connectivity index (χ0) is 27.6. The molecule has 1 aliphatic heterocycles. The molecule has 5 nitrogen and oxygen atoms in total. The molecule has 1 aliphatic rings. The first-order chi connectivity index (χ1) is 18.7. The molecule has 4 aromatic rings. The summed E-state index contributed by atoms with van der Waals surface area (Å²) >= 11 is 0. The molecule has 0 bridgehead atoms. The summed E-state index contributed by atoms with van der Waals surface area (Å²) in [6, 6.07) is 16.3. The molecule has 1 saturated heterocycles. The average Bonchev–Trinajstić information content (AvgIpc) is 3.43. The molecule has 0 aliphatic carbocycles. The quantitative estimate of drug-likeness (QED) is 0.248. The number of benzene rings is 3. The molecule has 8 heteroatoms. The van der Waals surface area contributed by atoms with Gasteiger partial charge < -0.3 is 19.2 Å². The zero-order valence-corrected chi connectivity index (χ0v) is 21.9. The number of nitrogens with one attached hydrogen (secondary N) is 1. The van der Waals surface area contributed by atoms with Crippen LogP contribution in [0.15, 0.2) is 69.9 Å². The minimum Gasteiger partial charge on any atom is -0.496 e. The SMILES string of the molecule is COc1cc2oc(=O)c(-c3ccc(C(F)(F)F)cc3)c(Cc3ccc(OCCC4CCCN4)cc3)c2cc1C. The molecule has 1 unspecified atom stereocenters. The van der Waals surface area contributed by atoms with Gasteiger partial charge in [0.2, 0.25) is 0 Å². The number of alkyl halides is 3. The standard InChI is InChI=1S/C31H30F3NO4/c1-19-16-25-26(17-20-5-11-24(12-6-20)38-15-13-23-4-3-14-35-23)29(30(36)39-28(25)18-27(19)37-2)21-7-9-22(10-8-21)31(32,33)34/h5-12,16,18,23,35H,3-4,13-15,17H2,1-2H3. The van der Waals surface area contributed by atoms with E-state index in [4.69, 9.17) is 13.9 Å². The first kappa shape index (κ1) is 26.8. The van der Waals surface area contributed by atoms with Crippen LogP contribution in [-0.4, -0.2) is 26.3 Å². The number of ether oxygens (including phenoxy) is 2. The van der Waals surface area contributed by atoms with Gasteiger partial charge in [-0.3, -0.25) is 0 Å². The fourth-order valence-corrected chi connectivity index (χ4v) is 5.15. The third-order valence-corrected chi connectivity index (χ3v) is 7.23. The van der Waals surface area contributed by atoms with Gasteiger partial charge in [-0.15, -0.1) is 0 Å². The van der Waals surface area contributed by atoms with Crippen molar-refractivity contribution in [3.05, 3.63) is 93.3 Å². The molecular formula is C31H30F3NO4. The second kappa shape index (κ2) is 11.1. The van der Waals surface area contributed by atoms with Crippen LogP contribution in [0.1, 0.15) is 41.5 Å². The van der Waals surface area contributed by atoms with Crippen LogP contribution < -0.4 is 20.4 Å². The summed E-state index contributed by atoms with van der Waals surface area (Å²) in [5.74, 6) is 1.34. The van der Waals surface area contributed by atoms with Gasteiger partial charge in [0.05, 0.1) is 24.8 Å². The van der Waals surface area contributed by atoms with Crippen molar-refractivity contribution in [2.24, 2.45) is 0 Å². The Hall–Kier alpha value is -3.78. The van der Waals surface area contributed by atoms with Crippen molar-refractivity contribution in [3.8, 4) is 22.6 Å². The Morgan fingerprint density at radius 2 is 1.79 bits per heavy atom. The lowest BCUT2D eigenvalue weighted by atomic mass is 9.92. The van der Waals surface area contributed by atoms with Crippen LogP contribution >= 0.6 is 0 Å². The Morgan fingerprint density at radius 3 is 2.44 bits per heavy atom. The van der Waals surface area contributed by atoms with E-state index in [1.165, 1.54) is 32.1 Å². The number of halogens is 3. The summed E-state index contributed by atoms with van der Waals surface area (Å²) in [6.07, 6.45) is -0.773. The molecule has 1 atom stereocenters. The number of aryl methyl sites for hydroxylation is 1. The predicted molar refractivity (Wildman–Crippen MR) is 145 cm³/mol. The number of fused-ring (bicyclic) bond motifs is 1. The van der Waals surface area contributed by atoms with E-state index in [-0.39, 0.29) is 5.56 Å². The van der Waals surface area contributed by atoms with Crippen molar-refractivity contribution >= 4 is 11.0 Å². The lowest BCUT2D eigenvalue weighted by Gasteiger charge is -2.15. The summed E-state index contributed by atoms with van der Waals surface area (Å²) in [5.41, 5.74) is 2.00. The van der Waals surface area contributed by atoms with Crippen LogP contribution in [0, 0.1) is 6.92 Å². The van der Waals surface area contributed by atoms with E-state index in [2.05, 4.69) is 5.32 Å². The highest BCUT2D eigenvalue weighted by molar-refractivity contribution is 5.89. The van der Waals surface area contributed by atoms with Gasteiger partial charge in [0.1, 0.15) is 17.1 Å².